The van der Waals surface area contributed by atoms with Gasteiger partial charge in [-0.15, -0.1) is 0 Å². The maximum atomic E-state index is 5.53. The smallest absolute Gasteiger partial charge is 0.369 e. The first-order valence-electron chi connectivity index (χ1n) is 4.30. The number of nitrogens with zero attached hydrogens (tertiary/aromatic N) is 2. The van der Waals surface area contributed by atoms with Crippen LogP contribution in [0.15, 0.2) is 16.5 Å². The van der Waals surface area contributed by atoms with Crippen LogP contribution in [0.3, 0.4) is 0 Å². The molecule has 0 saturated heterocycles. The van der Waals surface area contributed by atoms with Gasteiger partial charge in [0, 0.05) is 25.8 Å². The molecule has 0 aliphatic heterocycles. The van der Waals surface area contributed by atoms with Gasteiger partial charge in [-0.25, -0.2) is 4.58 Å². The van der Waals surface area contributed by atoms with E-state index in [4.69, 9.17) is 4.42 Å². The van der Waals surface area contributed by atoms with Crippen molar-refractivity contribution in [3.8, 4) is 0 Å². The molecule has 13 heavy (non-hydrogen) atoms. The van der Waals surface area contributed by atoms with Gasteiger partial charge < -0.3 is 9.32 Å². The summed E-state index contributed by atoms with van der Waals surface area (Å²) in [6.07, 6.45) is 0. The van der Waals surface area contributed by atoms with Gasteiger partial charge in [0.25, 0.3) is 0 Å². The lowest BCUT2D eigenvalue weighted by Crippen LogP contribution is -2.23. The minimum atomic E-state index is 0.878. The predicted octanol–water partition coefficient (Wildman–Crippen LogP) is 0.686. The number of hydrogen-bond acceptors (Lipinski definition) is 2. The topological polar surface area (TPSA) is 19.4 Å². The average molecular weight is 181 g/mol. The molecule has 1 aromatic rings. The van der Waals surface area contributed by atoms with Crippen molar-refractivity contribution in [2.75, 3.05) is 33.1 Å². The molecule has 0 fully saturated rings. The van der Waals surface area contributed by atoms with E-state index in [1.165, 1.54) is 0 Å². The highest BCUT2D eigenvalue weighted by atomic mass is 16.3. The minimum absolute atomic E-state index is 0.878. The quantitative estimate of drug-likeness (QED) is 0.594. The highest BCUT2D eigenvalue weighted by Gasteiger charge is 2.02. The van der Waals surface area contributed by atoms with Crippen LogP contribution in [-0.4, -0.2) is 28.2 Å². The van der Waals surface area contributed by atoms with Crippen molar-refractivity contribution in [1.29, 1.82) is 0 Å². The van der Waals surface area contributed by atoms with Gasteiger partial charge in [0.05, 0.1) is 6.07 Å². The molecular formula is C10H17N2O+. The van der Waals surface area contributed by atoms with Crippen LogP contribution in [0.1, 0.15) is 5.76 Å². The average Bonchev–Trinajstić information content (AvgIpc) is 2.03. The third-order valence-electron chi connectivity index (χ3n) is 1.85. The second-order valence-corrected chi connectivity index (χ2v) is 3.55. The van der Waals surface area contributed by atoms with Crippen LogP contribution >= 0.6 is 0 Å². The zero-order chi connectivity index (χ0) is 10.0. The summed E-state index contributed by atoms with van der Waals surface area (Å²) in [5.74, 6) is 0.926. The summed E-state index contributed by atoms with van der Waals surface area (Å²) in [7, 11) is 7.98. The summed E-state index contributed by atoms with van der Waals surface area (Å²) < 4.78 is 7.49. The highest BCUT2D eigenvalue weighted by Crippen LogP contribution is 2.08. The lowest BCUT2D eigenvalue weighted by molar-refractivity contribution is 0.431. The van der Waals surface area contributed by atoms with Crippen molar-refractivity contribution >= 4 is 5.69 Å². The third kappa shape index (κ3) is 2.34. The van der Waals surface area contributed by atoms with Crippen LogP contribution in [0.5, 0.6) is 0 Å². The van der Waals surface area contributed by atoms with E-state index >= 15 is 0 Å². The normalized spacial score (nSPS) is 9.92. The Bertz CT molecular complexity index is 359. The molecule has 3 nitrogen and oxygen atoms in total. The summed E-state index contributed by atoms with van der Waals surface area (Å²) in [6, 6.07) is 4.04. The Morgan fingerprint density at radius 3 is 2.31 bits per heavy atom. The van der Waals surface area contributed by atoms with Gasteiger partial charge in [-0.2, -0.15) is 0 Å². The zero-order valence-electron chi connectivity index (χ0n) is 8.96. The molecule has 1 aromatic heterocycles. The Balaban J connectivity index is 3.36. The van der Waals surface area contributed by atoms with Gasteiger partial charge in [0.2, 0.25) is 0 Å². The van der Waals surface area contributed by atoms with E-state index in [0.717, 1.165) is 17.0 Å². The Kier molecular flexibility index (Phi) is 2.76. The first-order chi connectivity index (χ1) is 6.00. The fourth-order valence-corrected chi connectivity index (χ4v) is 1.08. The van der Waals surface area contributed by atoms with Gasteiger partial charge in [-0.1, -0.05) is 0 Å². The lowest BCUT2D eigenvalue weighted by atomic mass is 10.3. The third-order valence-corrected chi connectivity index (χ3v) is 1.85. The summed E-state index contributed by atoms with van der Waals surface area (Å²) in [4.78, 5) is 2.06. The summed E-state index contributed by atoms with van der Waals surface area (Å²) in [6.45, 7) is 1.96. The van der Waals surface area contributed by atoms with E-state index < -0.39 is 0 Å². The molecule has 0 radical (unpaired) electrons. The molecule has 1 rings (SSSR count). The molecule has 0 unspecified atom stereocenters. The molecule has 0 N–H and O–H groups in total. The van der Waals surface area contributed by atoms with Crippen LogP contribution in [0, 0.1) is 6.92 Å². The Morgan fingerprint density at radius 2 is 1.85 bits per heavy atom. The first kappa shape index (κ1) is 9.84. The Labute approximate surface area is 78.9 Å². The minimum Gasteiger partial charge on any atom is -0.410 e. The monoisotopic (exact) mass is 181 g/mol. The van der Waals surface area contributed by atoms with Crippen LogP contribution in [-0.2, 0) is 0 Å². The summed E-state index contributed by atoms with van der Waals surface area (Å²) in [5, 5.41) is 0. The van der Waals surface area contributed by atoms with Crippen LogP contribution in [0.4, 0.5) is 5.69 Å². The van der Waals surface area contributed by atoms with Gasteiger partial charge in [-0.3, -0.25) is 0 Å². The molecule has 0 aromatic carbocycles. The second-order valence-electron chi connectivity index (χ2n) is 3.55. The van der Waals surface area contributed by atoms with Crippen molar-refractivity contribution in [2.24, 2.45) is 0 Å². The Morgan fingerprint density at radius 1 is 1.23 bits per heavy atom. The van der Waals surface area contributed by atoms with E-state index in [1.807, 2.05) is 51.8 Å². The molecule has 72 valence electrons. The predicted molar refractivity (Wildman–Crippen MR) is 54.9 cm³/mol. The van der Waals surface area contributed by atoms with Crippen molar-refractivity contribution in [2.45, 2.75) is 6.92 Å². The molecule has 0 saturated carbocycles. The molecule has 1 heterocycles. The standard InChI is InChI=1S/C10H17N2O/c1-8-6-9(11(2)3)7-10(13-8)12(4)5/h6-7H,1-5H3/q+1. The zero-order valence-corrected chi connectivity index (χ0v) is 8.96. The lowest BCUT2D eigenvalue weighted by Gasteiger charge is -2.11. The summed E-state index contributed by atoms with van der Waals surface area (Å²) in [5.41, 5.74) is 2.04. The molecule has 0 aliphatic rings. The van der Waals surface area contributed by atoms with Gasteiger partial charge in [-0.05, 0) is 6.92 Å². The molecule has 0 atom stereocenters. The number of aryl methyl sites for hydroxylation is 1. The molecule has 0 amide bonds. The van der Waals surface area contributed by atoms with E-state index in [9.17, 15) is 0 Å². The fraction of sp³-hybridized carbons (Fsp3) is 0.500. The van der Waals surface area contributed by atoms with Gasteiger partial charge in [0.1, 0.15) is 19.9 Å². The molecule has 3 heteroatoms. The molecule has 0 spiro atoms. The van der Waals surface area contributed by atoms with E-state index in [-0.39, 0.29) is 0 Å². The van der Waals surface area contributed by atoms with E-state index in [1.54, 1.807) is 0 Å². The van der Waals surface area contributed by atoms with E-state index in [0.29, 0.717) is 0 Å². The molecule has 0 aliphatic carbocycles. The largest absolute Gasteiger partial charge is 0.410 e. The fourth-order valence-electron chi connectivity index (χ4n) is 1.08. The van der Waals surface area contributed by atoms with Crippen molar-refractivity contribution in [3.63, 3.8) is 0 Å². The van der Waals surface area contributed by atoms with Crippen LogP contribution in [0.2, 0.25) is 0 Å². The van der Waals surface area contributed by atoms with E-state index in [2.05, 4.69) is 4.90 Å². The highest BCUT2D eigenvalue weighted by molar-refractivity contribution is 5.43. The molecular weight excluding hydrogens is 164 g/mol. The molecule has 0 bridgehead atoms. The van der Waals surface area contributed by atoms with Gasteiger partial charge >= 0.3 is 5.55 Å². The second kappa shape index (κ2) is 3.64. The Hall–Kier alpha value is -1.25. The first-order valence-corrected chi connectivity index (χ1v) is 4.30. The van der Waals surface area contributed by atoms with Crippen molar-refractivity contribution in [1.82, 2.24) is 4.58 Å². The number of anilines is 1. The number of rotatable bonds is 1. The van der Waals surface area contributed by atoms with Crippen molar-refractivity contribution in [3.05, 3.63) is 23.4 Å². The maximum Gasteiger partial charge on any atom is 0.369 e. The maximum absolute atomic E-state index is 5.53. The van der Waals surface area contributed by atoms with Crippen LogP contribution in [0.25, 0.3) is 0 Å². The number of hydrogen-bond donors (Lipinski definition) is 0. The van der Waals surface area contributed by atoms with Crippen molar-refractivity contribution < 1.29 is 4.42 Å². The summed E-state index contributed by atoms with van der Waals surface area (Å²) >= 11 is 0. The van der Waals surface area contributed by atoms with Crippen LogP contribution < -0.4 is 15.0 Å². The SMILES string of the molecule is Cc1cc(N(C)C)cc(=[N+](C)C)o1. The van der Waals surface area contributed by atoms with Gasteiger partial charge in [0.15, 0.2) is 0 Å².